The van der Waals surface area contributed by atoms with Crippen LogP contribution in [0.1, 0.15) is 12.8 Å². The van der Waals surface area contributed by atoms with E-state index in [4.69, 9.17) is 4.74 Å². The summed E-state index contributed by atoms with van der Waals surface area (Å²) in [6.07, 6.45) is -3.76. The van der Waals surface area contributed by atoms with Gasteiger partial charge in [-0.2, -0.15) is 0 Å². The van der Waals surface area contributed by atoms with Crippen molar-refractivity contribution in [1.82, 2.24) is 4.90 Å². The number of hydrogen-bond donors (Lipinski definition) is 1. The van der Waals surface area contributed by atoms with Crippen LogP contribution in [0.2, 0.25) is 0 Å². The molecule has 1 unspecified atom stereocenters. The highest BCUT2D eigenvalue weighted by molar-refractivity contribution is 5.78. The van der Waals surface area contributed by atoms with Crippen molar-refractivity contribution in [2.24, 2.45) is 0 Å². The van der Waals surface area contributed by atoms with Crippen molar-refractivity contribution in [3.05, 3.63) is 24.3 Å². The maximum atomic E-state index is 12.1. The van der Waals surface area contributed by atoms with Crippen LogP contribution in [0.4, 0.5) is 13.2 Å². The Balaban J connectivity index is 2.12. The Morgan fingerprint density at radius 1 is 1.27 bits per heavy atom. The standard InChI is InChI=1S/C14H16F3NO4/c1-18-8-2-7-13(9-18,12(19)20)21-10-3-5-11(6-4-10)22-14(15,16)17/h3-6H,2,7-9H2,1H3,(H,19,20). The van der Waals surface area contributed by atoms with Crippen LogP contribution in [-0.2, 0) is 4.79 Å². The molecule has 2 rings (SSSR count). The van der Waals surface area contributed by atoms with E-state index in [1.807, 2.05) is 4.90 Å². The van der Waals surface area contributed by atoms with Gasteiger partial charge in [0.1, 0.15) is 11.5 Å². The van der Waals surface area contributed by atoms with Crippen molar-refractivity contribution in [2.75, 3.05) is 20.1 Å². The number of rotatable bonds is 4. The van der Waals surface area contributed by atoms with Crippen LogP contribution >= 0.6 is 0 Å². The van der Waals surface area contributed by atoms with Gasteiger partial charge in [-0.1, -0.05) is 0 Å². The predicted molar refractivity (Wildman–Crippen MR) is 70.9 cm³/mol. The minimum absolute atomic E-state index is 0.187. The summed E-state index contributed by atoms with van der Waals surface area (Å²) in [5, 5.41) is 9.45. The lowest BCUT2D eigenvalue weighted by molar-refractivity contribution is -0.274. The Bertz CT molecular complexity index is 532. The topological polar surface area (TPSA) is 59.0 Å². The first-order valence-corrected chi connectivity index (χ1v) is 6.67. The molecule has 0 radical (unpaired) electrons. The Kier molecular flexibility index (Phi) is 4.50. The first-order valence-electron chi connectivity index (χ1n) is 6.67. The number of carboxylic acid groups (broad SMARTS) is 1. The molecule has 0 aromatic heterocycles. The lowest BCUT2D eigenvalue weighted by Gasteiger charge is -2.38. The number of likely N-dealkylation sites (tertiary alicyclic amines) is 1. The molecular weight excluding hydrogens is 303 g/mol. The Labute approximate surface area is 125 Å². The molecule has 1 aromatic rings. The third-order valence-electron chi connectivity index (χ3n) is 3.41. The van der Waals surface area contributed by atoms with E-state index in [9.17, 15) is 23.1 Å². The van der Waals surface area contributed by atoms with Crippen LogP contribution in [-0.4, -0.2) is 48.1 Å². The molecule has 1 aliphatic rings. The first kappa shape index (κ1) is 16.4. The molecule has 1 aliphatic heterocycles. The fourth-order valence-corrected chi connectivity index (χ4v) is 2.47. The largest absolute Gasteiger partial charge is 0.573 e. The van der Waals surface area contributed by atoms with Gasteiger partial charge in [-0.3, -0.25) is 0 Å². The van der Waals surface area contributed by atoms with Gasteiger partial charge in [0.25, 0.3) is 0 Å². The van der Waals surface area contributed by atoms with Crippen molar-refractivity contribution in [1.29, 1.82) is 0 Å². The minimum Gasteiger partial charge on any atom is -0.478 e. The van der Waals surface area contributed by atoms with Crippen LogP contribution < -0.4 is 9.47 Å². The highest BCUT2D eigenvalue weighted by atomic mass is 19.4. The van der Waals surface area contributed by atoms with E-state index in [1.165, 1.54) is 12.1 Å². The van der Waals surface area contributed by atoms with Gasteiger partial charge >= 0.3 is 12.3 Å². The average molecular weight is 319 g/mol. The molecule has 1 atom stereocenters. The van der Waals surface area contributed by atoms with Crippen LogP contribution in [0.5, 0.6) is 11.5 Å². The number of nitrogens with zero attached hydrogens (tertiary/aromatic N) is 1. The van der Waals surface area contributed by atoms with Gasteiger partial charge in [-0.15, -0.1) is 13.2 Å². The highest BCUT2D eigenvalue weighted by Gasteiger charge is 2.44. The third-order valence-corrected chi connectivity index (χ3v) is 3.41. The van der Waals surface area contributed by atoms with Crippen molar-refractivity contribution >= 4 is 5.97 Å². The molecule has 1 fully saturated rings. The predicted octanol–water partition coefficient (Wildman–Crippen LogP) is 2.51. The van der Waals surface area contributed by atoms with Crippen molar-refractivity contribution in [3.63, 3.8) is 0 Å². The number of piperidine rings is 1. The fourth-order valence-electron chi connectivity index (χ4n) is 2.47. The summed E-state index contributed by atoms with van der Waals surface area (Å²) in [7, 11) is 1.79. The minimum atomic E-state index is -4.77. The molecule has 22 heavy (non-hydrogen) atoms. The SMILES string of the molecule is CN1CCCC(Oc2ccc(OC(F)(F)F)cc2)(C(=O)O)C1. The number of carboxylic acids is 1. The second-order valence-corrected chi connectivity index (χ2v) is 5.26. The summed E-state index contributed by atoms with van der Waals surface area (Å²) in [6.45, 7) is 0.986. The number of benzene rings is 1. The molecule has 5 nitrogen and oxygen atoms in total. The van der Waals surface area contributed by atoms with E-state index < -0.39 is 17.9 Å². The van der Waals surface area contributed by atoms with Crippen molar-refractivity contribution < 1.29 is 32.5 Å². The van der Waals surface area contributed by atoms with Crippen LogP contribution in [0, 0.1) is 0 Å². The van der Waals surface area contributed by atoms with E-state index in [1.54, 1.807) is 7.05 Å². The zero-order valence-electron chi connectivity index (χ0n) is 11.9. The van der Waals surface area contributed by atoms with Crippen LogP contribution in [0.25, 0.3) is 0 Å². The van der Waals surface area contributed by atoms with Gasteiger partial charge < -0.3 is 19.5 Å². The monoisotopic (exact) mass is 319 g/mol. The molecule has 0 bridgehead atoms. The quantitative estimate of drug-likeness (QED) is 0.924. The van der Waals surface area contributed by atoms with E-state index >= 15 is 0 Å². The van der Waals surface area contributed by atoms with E-state index in [-0.39, 0.29) is 18.0 Å². The smallest absolute Gasteiger partial charge is 0.478 e. The maximum Gasteiger partial charge on any atom is 0.573 e. The van der Waals surface area contributed by atoms with Crippen molar-refractivity contribution in [2.45, 2.75) is 24.8 Å². The van der Waals surface area contributed by atoms with Crippen molar-refractivity contribution in [3.8, 4) is 11.5 Å². The van der Waals surface area contributed by atoms with Gasteiger partial charge in [-0.05, 0) is 44.3 Å². The zero-order valence-corrected chi connectivity index (χ0v) is 11.9. The number of alkyl halides is 3. The molecule has 1 N–H and O–H groups in total. The second-order valence-electron chi connectivity index (χ2n) is 5.26. The molecule has 1 saturated heterocycles. The third kappa shape index (κ3) is 4.03. The van der Waals surface area contributed by atoms with Gasteiger partial charge in [0.2, 0.25) is 5.60 Å². The zero-order chi connectivity index (χ0) is 16.4. The van der Waals surface area contributed by atoms with Gasteiger partial charge in [-0.25, -0.2) is 4.79 Å². The normalized spacial score (nSPS) is 23.1. The number of carbonyl (C=O) groups is 1. The number of hydrogen-bond acceptors (Lipinski definition) is 4. The molecular formula is C14H16F3NO4. The van der Waals surface area contributed by atoms with Crippen LogP contribution in [0.3, 0.4) is 0 Å². The van der Waals surface area contributed by atoms with E-state index in [0.717, 1.165) is 18.7 Å². The summed E-state index contributed by atoms with van der Waals surface area (Å²) in [6, 6.07) is 4.70. The lowest BCUT2D eigenvalue weighted by Crippen LogP contribution is -2.55. The number of ether oxygens (including phenoxy) is 2. The summed E-state index contributed by atoms with van der Waals surface area (Å²) < 4.78 is 45.6. The summed E-state index contributed by atoms with van der Waals surface area (Å²) in [5.74, 6) is -1.29. The average Bonchev–Trinajstić information content (AvgIpc) is 2.39. The molecule has 1 heterocycles. The summed E-state index contributed by atoms with van der Waals surface area (Å²) in [5.41, 5.74) is -1.39. The molecule has 0 aliphatic carbocycles. The van der Waals surface area contributed by atoms with Crippen LogP contribution in [0.15, 0.2) is 24.3 Å². The number of likely N-dealkylation sites (N-methyl/N-ethyl adjacent to an activating group) is 1. The molecule has 0 saturated carbocycles. The fraction of sp³-hybridized carbons (Fsp3) is 0.500. The first-order chi connectivity index (χ1) is 10.2. The van der Waals surface area contributed by atoms with E-state index in [2.05, 4.69) is 4.74 Å². The van der Waals surface area contributed by atoms with Gasteiger partial charge in [0, 0.05) is 13.0 Å². The van der Waals surface area contributed by atoms with E-state index in [0.29, 0.717) is 12.8 Å². The summed E-state index contributed by atoms with van der Waals surface area (Å²) >= 11 is 0. The molecule has 122 valence electrons. The molecule has 0 spiro atoms. The molecule has 0 amide bonds. The Morgan fingerprint density at radius 2 is 1.86 bits per heavy atom. The second kappa shape index (κ2) is 6.04. The molecule has 1 aromatic carbocycles. The van der Waals surface area contributed by atoms with Gasteiger partial charge in [0.15, 0.2) is 0 Å². The maximum absolute atomic E-state index is 12.1. The Hall–Kier alpha value is -1.96. The lowest BCUT2D eigenvalue weighted by atomic mass is 9.93. The molecule has 8 heteroatoms. The summed E-state index contributed by atoms with van der Waals surface area (Å²) in [4.78, 5) is 13.4. The number of halogens is 3. The Morgan fingerprint density at radius 3 is 2.36 bits per heavy atom. The van der Waals surface area contributed by atoms with Gasteiger partial charge in [0.05, 0.1) is 0 Å². The number of aliphatic carboxylic acids is 1. The highest BCUT2D eigenvalue weighted by Crippen LogP contribution is 2.30.